The summed E-state index contributed by atoms with van der Waals surface area (Å²) in [5.41, 5.74) is 7.80. The van der Waals surface area contributed by atoms with Gasteiger partial charge in [-0.25, -0.2) is 9.97 Å². The lowest BCUT2D eigenvalue weighted by Gasteiger charge is -2.08. The molecule has 0 aliphatic carbocycles. The summed E-state index contributed by atoms with van der Waals surface area (Å²) in [6.45, 7) is 0.464. The van der Waals surface area contributed by atoms with Crippen molar-refractivity contribution in [1.29, 1.82) is 5.26 Å². The molecule has 0 fully saturated rings. The number of halogens is 3. The first-order chi connectivity index (χ1) is 10.5. The summed E-state index contributed by atoms with van der Waals surface area (Å²) in [6.07, 6.45) is 1.37. The number of nitrogen functional groups attached to an aromatic ring is 1. The van der Waals surface area contributed by atoms with Crippen molar-refractivity contribution in [3.63, 3.8) is 0 Å². The van der Waals surface area contributed by atoms with E-state index in [4.69, 9.17) is 28.9 Å². The summed E-state index contributed by atoms with van der Waals surface area (Å²) in [7, 11) is 0. The maximum atomic E-state index is 9.36. The van der Waals surface area contributed by atoms with Crippen molar-refractivity contribution >= 4 is 56.0 Å². The topological polar surface area (TPSA) is 80.5 Å². The van der Waals surface area contributed by atoms with E-state index < -0.39 is 0 Å². The van der Waals surface area contributed by atoms with Crippen molar-refractivity contribution in [2.24, 2.45) is 0 Å². The van der Waals surface area contributed by atoms with Crippen molar-refractivity contribution in [3.8, 4) is 6.07 Å². The standard InChI is InChI=1S/C14H8BrCl2N5/c15-12-8(4-18)11-13(19)20-6-21-14(11)22(12)5-7-1-2-9(16)10(17)3-7/h1-3,6H,5H2,(H2,19,20,21). The number of nitrogens with two attached hydrogens (primary N) is 1. The Labute approximate surface area is 144 Å². The van der Waals surface area contributed by atoms with Gasteiger partial charge < -0.3 is 10.3 Å². The van der Waals surface area contributed by atoms with E-state index in [9.17, 15) is 5.26 Å². The Morgan fingerprint density at radius 3 is 2.73 bits per heavy atom. The molecule has 2 heterocycles. The molecular formula is C14H8BrCl2N5. The van der Waals surface area contributed by atoms with Crippen LogP contribution >= 0.6 is 39.1 Å². The molecule has 0 spiro atoms. The fourth-order valence-electron chi connectivity index (χ4n) is 2.23. The molecule has 3 rings (SSSR count). The third kappa shape index (κ3) is 2.41. The van der Waals surface area contributed by atoms with Gasteiger partial charge in [-0.15, -0.1) is 0 Å². The molecule has 0 saturated heterocycles. The third-order valence-corrected chi connectivity index (χ3v) is 4.81. The molecule has 0 aliphatic heterocycles. The summed E-state index contributed by atoms with van der Waals surface area (Å²) in [4.78, 5) is 8.19. The Hall–Kier alpha value is -1.81. The molecule has 0 radical (unpaired) electrons. The van der Waals surface area contributed by atoms with E-state index in [1.165, 1.54) is 6.33 Å². The molecule has 3 aromatic rings. The van der Waals surface area contributed by atoms with Gasteiger partial charge in [-0.05, 0) is 33.6 Å². The number of hydrogen-bond donors (Lipinski definition) is 1. The van der Waals surface area contributed by atoms with Crippen molar-refractivity contribution < 1.29 is 0 Å². The molecule has 0 unspecified atom stereocenters. The second kappa shape index (κ2) is 5.76. The second-order valence-electron chi connectivity index (χ2n) is 4.57. The van der Waals surface area contributed by atoms with Crippen molar-refractivity contribution in [1.82, 2.24) is 14.5 Å². The van der Waals surface area contributed by atoms with E-state index in [0.29, 0.717) is 37.8 Å². The molecule has 0 atom stereocenters. The molecule has 5 nitrogen and oxygen atoms in total. The van der Waals surface area contributed by atoms with E-state index in [2.05, 4.69) is 32.0 Å². The van der Waals surface area contributed by atoms with Gasteiger partial charge in [0.05, 0.1) is 27.5 Å². The largest absolute Gasteiger partial charge is 0.383 e. The SMILES string of the molecule is N#Cc1c(Br)n(Cc2ccc(Cl)c(Cl)c2)c2ncnc(N)c12. The van der Waals surface area contributed by atoms with Crippen molar-refractivity contribution in [3.05, 3.63) is 50.3 Å². The molecule has 0 saturated carbocycles. The maximum Gasteiger partial charge on any atom is 0.148 e. The van der Waals surface area contributed by atoms with E-state index in [1.54, 1.807) is 12.1 Å². The van der Waals surface area contributed by atoms with Crippen LogP contribution in [0, 0.1) is 11.3 Å². The minimum Gasteiger partial charge on any atom is -0.383 e. The predicted molar refractivity (Wildman–Crippen MR) is 89.9 cm³/mol. The minimum absolute atomic E-state index is 0.273. The summed E-state index contributed by atoms with van der Waals surface area (Å²) in [5, 5.41) is 10.9. The van der Waals surface area contributed by atoms with Crippen LogP contribution < -0.4 is 5.73 Å². The highest BCUT2D eigenvalue weighted by molar-refractivity contribution is 9.10. The first-order valence-corrected chi connectivity index (χ1v) is 7.70. The maximum absolute atomic E-state index is 9.36. The van der Waals surface area contributed by atoms with Crippen LogP contribution in [0.25, 0.3) is 11.0 Å². The zero-order chi connectivity index (χ0) is 15.9. The average molecular weight is 397 g/mol. The number of aromatic nitrogens is 3. The summed E-state index contributed by atoms with van der Waals surface area (Å²) >= 11 is 15.4. The van der Waals surface area contributed by atoms with E-state index in [0.717, 1.165) is 5.56 Å². The Morgan fingerprint density at radius 2 is 2.05 bits per heavy atom. The molecular weight excluding hydrogens is 389 g/mol. The van der Waals surface area contributed by atoms with E-state index >= 15 is 0 Å². The first-order valence-electron chi connectivity index (χ1n) is 6.15. The lowest BCUT2D eigenvalue weighted by molar-refractivity contribution is 0.804. The van der Waals surface area contributed by atoms with Crippen LogP contribution in [0.1, 0.15) is 11.1 Å². The van der Waals surface area contributed by atoms with Gasteiger partial charge in [-0.1, -0.05) is 29.3 Å². The number of fused-ring (bicyclic) bond motifs is 1. The monoisotopic (exact) mass is 395 g/mol. The van der Waals surface area contributed by atoms with Crippen LogP contribution in [0.2, 0.25) is 10.0 Å². The van der Waals surface area contributed by atoms with Crippen LogP contribution in [0.5, 0.6) is 0 Å². The average Bonchev–Trinajstić information content (AvgIpc) is 2.77. The normalized spacial score (nSPS) is 10.8. The van der Waals surface area contributed by atoms with Crippen LogP contribution in [-0.4, -0.2) is 14.5 Å². The van der Waals surface area contributed by atoms with Crippen LogP contribution in [0.4, 0.5) is 5.82 Å². The van der Waals surface area contributed by atoms with Crippen molar-refractivity contribution in [2.45, 2.75) is 6.54 Å². The number of rotatable bonds is 2. The van der Waals surface area contributed by atoms with Gasteiger partial charge in [0.2, 0.25) is 0 Å². The van der Waals surface area contributed by atoms with Gasteiger partial charge in [0.1, 0.15) is 28.5 Å². The molecule has 22 heavy (non-hydrogen) atoms. The molecule has 0 amide bonds. The van der Waals surface area contributed by atoms with Gasteiger partial charge in [0, 0.05) is 0 Å². The number of nitrogens with zero attached hydrogens (tertiary/aromatic N) is 4. The molecule has 8 heteroatoms. The minimum atomic E-state index is 0.273. The van der Waals surface area contributed by atoms with Gasteiger partial charge in [-0.3, -0.25) is 0 Å². The smallest absolute Gasteiger partial charge is 0.148 e. The fraction of sp³-hybridized carbons (Fsp3) is 0.0714. The fourth-order valence-corrected chi connectivity index (χ4v) is 3.13. The van der Waals surface area contributed by atoms with E-state index in [1.807, 2.05) is 10.6 Å². The number of nitriles is 1. The number of anilines is 1. The highest BCUT2D eigenvalue weighted by atomic mass is 79.9. The predicted octanol–water partition coefficient (Wildman–Crippen LogP) is 4.00. The Bertz CT molecular complexity index is 929. The highest BCUT2D eigenvalue weighted by Gasteiger charge is 2.19. The van der Waals surface area contributed by atoms with Crippen LogP contribution in [0.3, 0.4) is 0 Å². The molecule has 2 N–H and O–H groups in total. The summed E-state index contributed by atoms with van der Waals surface area (Å²) < 4.78 is 2.44. The number of hydrogen-bond acceptors (Lipinski definition) is 4. The lowest BCUT2D eigenvalue weighted by Crippen LogP contribution is -2.02. The van der Waals surface area contributed by atoms with Crippen LogP contribution in [0.15, 0.2) is 29.1 Å². The van der Waals surface area contributed by atoms with Gasteiger partial charge in [0.25, 0.3) is 0 Å². The molecule has 1 aromatic carbocycles. The second-order valence-corrected chi connectivity index (χ2v) is 6.14. The van der Waals surface area contributed by atoms with E-state index in [-0.39, 0.29) is 5.82 Å². The first kappa shape index (κ1) is 15.1. The molecule has 0 aliphatic rings. The Morgan fingerprint density at radius 1 is 1.27 bits per heavy atom. The summed E-state index contributed by atoms with van der Waals surface area (Å²) in [5.74, 6) is 0.273. The van der Waals surface area contributed by atoms with Gasteiger partial charge in [-0.2, -0.15) is 5.26 Å². The lowest BCUT2D eigenvalue weighted by atomic mass is 10.2. The zero-order valence-corrected chi connectivity index (χ0v) is 14.1. The third-order valence-electron chi connectivity index (χ3n) is 3.24. The zero-order valence-electron chi connectivity index (χ0n) is 11.0. The van der Waals surface area contributed by atoms with Crippen molar-refractivity contribution in [2.75, 3.05) is 5.73 Å². The Balaban J connectivity index is 2.19. The van der Waals surface area contributed by atoms with Crippen LogP contribution in [-0.2, 0) is 6.54 Å². The number of benzene rings is 1. The van der Waals surface area contributed by atoms with Gasteiger partial charge in [0.15, 0.2) is 0 Å². The Kier molecular flexibility index (Phi) is 3.96. The van der Waals surface area contributed by atoms with Gasteiger partial charge >= 0.3 is 0 Å². The molecule has 0 bridgehead atoms. The molecule has 2 aromatic heterocycles. The molecule has 110 valence electrons. The quantitative estimate of drug-likeness (QED) is 0.709. The highest BCUT2D eigenvalue weighted by Crippen LogP contribution is 2.32. The summed E-state index contributed by atoms with van der Waals surface area (Å²) in [6, 6.07) is 7.50.